The predicted molar refractivity (Wildman–Crippen MR) is 71.5 cm³/mol. The van der Waals surface area contributed by atoms with Crippen molar-refractivity contribution in [3.05, 3.63) is 65.0 Å². The second-order valence-electron chi connectivity index (χ2n) is 4.41. The molecule has 3 heteroatoms. The van der Waals surface area contributed by atoms with Gasteiger partial charge in [-0.3, -0.25) is 4.99 Å². The Balaban J connectivity index is 2.14. The molecular weight excluding hydrogens is 227 g/mol. The van der Waals surface area contributed by atoms with E-state index in [9.17, 15) is 4.39 Å². The largest absolute Gasteiger partial charge is 0.399 e. The minimum absolute atomic E-state index is 0.229. The molecule has 0 bridgehead atoms. The van der Waals surface area contributed by atoms with E-state index in [0.717, 1.165) is 35.4 Å². The molecule has 1 aliphatic rings. The van der Waals surface area contributed by atoms with Crippen LogP contribution in [0.2, 0.25) is 0 Å². The summed E-state index contributed by atoms with van der Waals surface area (Å²) in [7, 11) is 0. The number of nitrogens with zero attached hydrogens (tertiary/aromatic N) is 1. The van der Waals surface area contributed by atoms with Gasteiger partial charge in [-0.2, -0.15) is 0 Å². The van der Waals surface area contributed by atoms with Gasteiger partial charge in [0.2, 0.25) is 0 Å². The molecule has 18 heavy (non-hydrogen) atoms. The third kappa shape index (κ3) is 1.88. The highest BCUT2D eigenvalue weighted by Crippen LogP contribution is 2.22. The summed E-state index contributed by atoms with van der Waals surface area (Å²) in [6, 6.07) is 12.4. The maximum Gasteiger partial charge on any atom is 0.123 e. The van der Waals surface area contributed by atoms with Gasteiger partial charge in [0.05, 0.1) is 5.71 Å². The summed E-state index contributed by atoms with van der Waals surface area (Å²) < 4.78 is 13.4. The van der Waals surface area contributed by atoms with Crippen molar-refractivity contribution in [3.63, 3.8) is 0 Å². The van der Waals surface area contributed by atoms with Gasteiger partial charge in [-0.05, 0) is 36.2 Å². The van der Waals surface area contributed by atoms with Crippen molar-refractivity contribution in [2.45, 2.75) is 6.42 Å². The SMILES string of the molecule is Nc1cccc(C2=NCCc3ccc(F)cc32)c1. The van der Waals surface area contributed by atoms with Crippen molar-refractivity contribution < 1.29 is 4.39 Å². The summed E-state index contributed by atoms with van der Waals surface area (Å²) in [6.07, 6.45) is 0.863. The number of aliphatic imine (C=N–C) groups is 1. The molecular formula is C15H13FN2. The molecule has 0 spiro atoms. The Kier molecular flexibility index (Phi) is 2.59. The zero-order chi connectivity index (χ0) is 12.5. The van der Waals surface area contributed by atoms with Gasteiger partial charge in [0.25, 0.3) is 0 Å². The van der Waals surface area contributed by atoms with Crippen LogP contribution in [0.3, 0.4) is 0 Å². The highest BCUT2D eigenvalue weighted by molar-refractivity contribution is 6.14. The fraction of sp³-hybridized carbons (Fsp3) is 0.133. The Morgan fingerprint density at radius 3 is 2.83 bits per heavy atom. The minimum atomic E-state index is -0.229. The molecule has 2 N–H and O–H groups in total. The van der Waals surface area contributed by atoms with E-state index in [1.807, 2.05) is 30.3 Å². The Labute approximate surface area is 105 Å². The van der Waals surface area contributed by atoms with Gasteiger partial charge in [-0.1, -0.05) is 18.2 Å². The van der Waals surface area contributed by atoms with Crippen LogP contribution in [0, 0.1) is 5.82 Å². The fourth-order valence-electron chi connectivity index (χ4n) is 2.29. The highest BCUT2D eigenvalue weighted by Gasteiger charge is 2.16. The molecule has 3 rings (SSSR count). The van der Waals surface area contributed by atoms with Crippen LogP contribution in [-0.4, -0.2) is 12.3 Å². The zero-order valence-corrected chi connectivity index (χ0v) is 9.86. The summed E-state index contributed by atoms with van der Waals surface area (Å²) in [5.74, 6) is -0.229. The van der Waals surface area contributed by atoms with Gasteiger partial charge in [0, 0.05) is 23.4 Å². The second kappa shape index (κ2) is 4.26. The quantitative estimate of drug-likeness (QED) is 0.765. The highest BCUT2D eigenvalue weighted by atomic mass is 19.1. The van der Waals surface area contributed by atoms with Crippen LogP contribution in [0.25, 0.3) is 0 Å². The number of nitrogen functional groups attached to an aromatic ring is 1. The van der Waals surface area contributed by atoms with Gasteiger partial charge in [-0.25, -0.2) is 4.39 Å². The van der Waals surface area contributed by atoms with E-state index in [0.29, 0.717) is 5.69 Å². The average molecular weight is 240 g/mol. The number of hydrogen-bond donors (Lipinski definition) is 1. The van der Waals surface area contributed by atoms with Crippen LogP contribution in [0.15, 0.2) is 47.5 Å². The first-order chi connectivity index (χ1) is 8.74. The minimum Gasteiger partial charge on any atom is -0.399 e. The molecule has 0 unspecified atom stereocenters. The van der Waals surface area contributed by atoms with Crippen molar-refractivity contribution >= 4 is 11.4 Å². The predicted octanol–water partition coefficient (Wildman–Crippen LogP) is 2.80. The van der Waals surface area contributed by atoms with Crippen LogP contribution in [0.5, 0.6) is 0 Å². The first-order valence-electron chi connectivity index (χ1n) is 5.93. The van der Waals surface area contributed by atoms with E-state index < -0.39 is 0 Å². The molecule has 0 atom stereocenters. The van der Waals surface area contributed by atoms with E-state index >= 15 is 0 Å². The molecule has 2 nitrogen and oxygen atoms in total. The number of nitrogens with two attached hydrogens (primary N) is 1. The third-order valence-corrected chi connectivity index (χ3v) is 3.14. The molecule has 2 aromatic rings. The Bertz CT molecular complexity index is 632. The lowest BCUT2D eigenvalue weighted by molar-refractivity contribution is 0.626. The Morgan fingerprint density at radius 1 is 1.11 bits per heavy atom. The smallest absolute Gasteiger partial charge is 0.123 e. The Hall–Kier alpha value is -2.16. The van der Waals surface area contributed by atoms with Crippen molar-refractivity contribution in [2.24, 2.45) is 4.99 Å². The Morgan fingerprint density at radius 2 is 2.00 bits per heavy atom. The van der Waals surface area contributed by atoms with Gasteiger partial charge < -0.3 is 5.73 Å². The maximum absolute atomic E-state index is 13.4. The van der Waals surface area contributed by atoms with Crippen molar-refractivity contribution in [3.8, 4) is 0 Å². The lowest BCUT2D eigenvalue weighted by Gasteiger charge is -2.17. The molecule has 0 radical (unpaired) electrons. The number of fused-ring (bicyclic) bond motifs is 1. The van der Waals surface area contributed by atoms with E-state index in [2.05, 4.69) is 4.99 Å². The van der Waals surface area contributed by atoms with Gasteiger partial charge in [0.15, 0.2) is 0 Å². The van der Waals surface area contributed by atoms with Crippen molar-refractivity contribution in [1.29, 1.82) is 0 Å². The molecule has 2 aromatic carbocycles. The van der Waals surface area contributed by atoms with Crippen LogP contribution in [-0.2, 0) is 6.42 Å². The van der Waals surface area contributed by atoms with E-state index in [-0.39, 0.29) is 5.82 Å². The van der Waals surface area contributed by atoms with Crippen molar-refractivity contribution in [1.82, 2.24) is 0 Å². The summed E-state index contributed by atoms with van der Waals surface area (Å²) in [5.41, 5.74) is 10.3. The van der Waals surface area contributed by atoms with E-state index in [1.165, 1.54) is 6.07 Å². The molecule has 90 valence electrons. The van der Waals surface area contributed by atoms with Crippen molar-refractivity contribution in [2.75, 3.05) is 12.3 Å². The maximum atomic E-state index is 13.4. The number of halogens is 1. The lowest BCUT2D eigenvalue weighted by atomic mass is 9.93. The van der Waals surface area contributed by atoms with Gasteiger partial charge in [0.1, 0.15) is 5.82 Å². The number of anilines is 1. The first kappa shape index (κ1) is 11.0. The third-order valence-electron chi connectivity index (χ3n) is 3.14. The number of benzene rings is 2. The summed E-state index contributed by atoms with van der Waals surface area (Å²) in [5, 5.41) is 0. The van der Waals surface area contributed by atoms with Crippen LogP contribution >= 0.6 is 0 Å². The second-order valence-corrected chi connectivity index (χ2v) is 4.41. The standard InChI is InChI=1S/C15H13FN2/c16-12-5-4-10-6-7-18-15(14(10)9-12)11-2-1-3-13(17)8-11/h1-5,8-9H,6-7,17H2. The van der Waals surface area contributed by atoms with Crippen LogP contribution < -0.4 is 5.73 Å². The zero-order valence-electron chi connectivity index (χ0n) is 9.86. The fourth-order valence-corrected chi connectivity index (χ4v) is 2.29. The molecule has 0 amide bonds. The number of hydrogen-bond acceptors (Lipinski definition) is 2. The summed E-state index contributed by atoms with van der Waals surface area (Å²) >= 11 is 0. The number of rotatable bonds is 1. The van der Waals surface area contributed by atoms with Gasteiger partial charge >= 0.3 is 0 Å². The average Bonchev–Trinajstić information content (AvgIpc) is 2.38. The molecule has 0 saturated heterocycles. The lowest BCUT2D eigenvalue weighted by Crippen LogP contribution is -2.14. The molecule has 0 fully saturated rings. The first-order valence-corrected chi connectivity index (χ1v) is 5.93. The normalized spacial score (nSPS) is 13.9. The molecule has 0 saturated carbocycles. The summed E-state index contributed by atoms with van der Waals surface area (Å²) in [4.78, 5) is 4.52. The summed E-state index contributed by atoms with van der Waals surface area (Å²) in [6.45, 7) is 0.739. The van der Waals surface area contributed by atoms with E-state index in [1.54, 1.807) is 6.07 Å². The monoisotopic (exact) mass is 240 g/mol. The molecule has 0 aromatic heterocycles. The topological polar surface area (TPSA) is 38.4 Å². The van der Waals surface area contributed by atoms with E-state index in [4.69, 9.17) is 5.73 Å². The van der Waals surface area contributed by atoms with Gasteiger partial charge in [-0.15, -0.1) is 0 Å². The van der Waals surface area contributed by atoms with Crippen LogP contribution in [0.4, 0.5) is 10.1 Å². The molecule has 1 aliphatic heterocycles. The molecule has 1 heterocycles. The molecule has 0 aliphatic carbocycles. The van der Waals surface area contributed by atoms with Crippen LogP contribution in [0.1, 0.15) is 16.7 Å².